The molecular formula is C18H21N5OS. The summed E-state index contributed by atoms with van der Waals surface area (Å²) in [5, 5.41) is 13.9. The zero-order chi connectivity index (χ0) is 17.6. The van der Waals surface area contributed by atoms with Gasteiger partial charge in [-0.2, -0.15) is 0 Å². The lowest BCUT2D eigenvalue weighted by Gasteiger charge is -2.06. The number of aryl methyl sites for hydroxylation is 1. The van der Waals surface area contributed by atoms with Crippen molar-refractivity contribution in [3.05, 3.63) is 48.2 Å². The highest BCUT2D eigenvalue weighted by atomic mass is 32.2. The Bertz CT molecular complexity index is 854. The van der Waals surface area contributed by atoms with Gasteiger partial charge in [0.2, 0.25) is 5.88 Å². The second-order valence-electron chi connectivity index (χ2n) is 5.40. The van der Waals surface area contributed by atoms with Crippen LogP contribution in [-0.4, -0.2) is 37.4 Å². The minimum Gasteiger partial charge on any atom is -0.479 e. The van der Waals surface area contributed by atoms with Crippen LogP contribution in [0.1, 0.15) is 12.5 Å². The maximum absolute atomic E-state index is 5.35. The first kappa shape index (κ1) is 17.3. The molecule has 0 aliphatic heterocycles. The number of hydrogen-bond donors (Lipinski definition) is 0. The minimum absolute atomic E-state index is 0.560. The van der Waals surface area contributed by atoms with Crippen molar-refractivity contribution >= 4 is 17.8 Å². The smallest absolute Gasteiger partial charge is 0.243 e. The van der Waals surface area contributed by atoms with E-state index in [1.165, 1.54) is 5.56 Å². The Kier molecular flexibility index (Phi) is 5.55. The summed E-state index contributed by atoms with van der Waals surface area (Å²) < 4.78 is 9.15. The maximum atomic E-state index is 5.35. The molecule has 0 fully saturated rings. The average Bonchev–Trinajstić information content (AvgIpc) is 3.21. The molecule has 0 saturated carbocycles. The van der Waals surface area contributed by atoms with Crippen LogP contribution >= 0.6 is 11.8 Å². The Labute approximate surface area is 151 Å². The Morgan fingerprint density at radius 3 is 2.72 bits per heavy atom. The Hall–Kier alpha value is -2.54. The first-order valence-corrected chi connectivity index (χ1v) is 9.07. The summed E-state index contributed by atoms with van der Waals surface area (Å²) >= 11 is 1.66. The Morgan fingerprint density at radius 1 is 1.20 bits per heavy atom. The highest BCUT2D eigenvalue weighted by Crippen LogP contribution is 2.29. The third-order valence-corrected chi connectivity index (χ3v) is 4.60. The molecule has 0 atom stereocenters. The van der Waals surface area contributed by atoms with Gasteiger partial charge >= 0.3 is 0 Å². The van der Waals surface area contributed by atoms with E-state index in [0.717, 1.165) is 28.8 Å². The normalized spacial score (nSPS) is 11.3. The summed E-state index contributed by atoms with van der Waals surface area (Å²) in [4.78, 5) is 0. The summed E-state index contributed by atoms with van der Waals surface area (Å²) in [6.45, 7) is 2.87. The van der Waals surface area contributed by atoms with Gasteiger partial charge in [0, 0.05) is 25.5 Å². The standard InChI is InChI=1S/C18H21N5OS/c1-4-23-16(15-13-22(2)21-17(15)24-3)19-20-18(23)25-12-8-11-14-9-6-5-7-10-14/h5-11,13H,4,12H2,1-3H3/b11-8+. The van der Waals surface area contributed by atoms with Gasteiger partial charge in [-0.15, -0.1) is 15.3 Å². The lowest BCUT2D eigenvalue weighted by atomic mass is 10.2. The quantitative estimate of drug-likeness (QED) is 0.607. The van der Waals surface area contributed by atoms with E-state index in [1.807, 2.05) is 31.4 Å². The highest BCUT2D eigenvalue weighted by Gasteiger charge is 2.19. The number of thioether (sulfide) groups is 1. The third kappa shape index (κ3) is 3.93. The number of rotatable bonds is 7. The lowest BCUT2D eigenvalue weighted by Crippen LogP contribution is -2.00. The fourth-order valence-corrected chi connectivity index (χ4v) is 3.33. The number of ether oxygens (including phenoxy) is 1. The zero-order valence-corrected chi connectivity index (χ0v) is 15.4. The van der Waals surface area contributed by atoms with Crippen molar-refractivity contribution in [2.24, 2.45) is 7.05 Å². The van der Waals surface area contributed by atoms with E-state index in [4.69, 9.17) is 4.74 Å². The van der Waals surface area contributed by atoms with Crippen molar-refractivity contribution in [3.63, 3.8) is 0 Å². The van der Waals surface area contributed by atoms with E-state index in [1.54, 1.807) is 23.6 Å². The molecule has 0 amide bonds. The van der Waals surface area contributed by atoms with Crippen molar-refractivity contribution in [3.8, 4) is 17.3 Å². The molecule has 0 N–H and O–H groups in total. The van der Waals surface area contributed by atoms with Crippen molar-refractivity contribution in [1.82, 2.24) is 24.5 Å². The molecule has 130 valence electrons. The predicted molar refractivity (Wildman–Crippen MR) is 101 cm³/mol. The fourth-order valence-electron chi connectivity index (χ4n) is 2.52. The van der Waals surface area contributed by atoms with Gasteiger partial charge in [-0.1, -0.05) is 54.2 Å². The van der Waals surface area contributed by atoms with E-state index in [-0.39, 0.29) is 0 Å². The summed E-state index contributed by atoms with van der Waals surface area (Å²) in [5.41, 5.74) is 2.05. The SMILES string of the molecule is CCn1c(SC/C=C/c2ccccc2)nnc1-c1cn(C)nc1OC. The average molecular weight is 355 g/mol. The molecule has 0 radical (unpaired) electrons. The highest BCUT2D eigenvalue weighted by molar-refractivity contribution is 7.99. The van der Waals surface area contributed by atoms with Crippen LogP contribution in [0.2, 0.25) is 0 Å². The van der Waals surface area contributed by atoms with Crippen LogP contribution in [0.15, 0.2) is 47.8 Å². The van der Waals surface area contributed by atoms with Gasteiger partial charge in [0.15, 0.2) is 11.0 Å². The summed E-state index contributed by atoms with van der Waals surface area (Å²) in [6, 6.07) is 10.3. The van der Waals surface area contributed by atoms with Crippen molar-refractivity contribution in [2.75, 3.05) is 12.9 Å². The van der Waals surface area contributed by atoms with E-state index >= 15 is 0 Å². The topological polar surface area (TPSA) is 57.8 Å². The molecular weight excluding hydrogens is 334 g/mol. The van der Waals surface area contributed by atoms with Crippen LogP contribution in [0, 0.1) is 0 Å². The molecule has 25 heavy (non-hydrogen) atoms. The molecule has 0 aliphatic carbocycles. The number of hydrogen-bond acceptors (Lipinski definition) is 5. The van der Waals surface area contributed by atoms with Crippen molar-refractivity contribution < 1.29 is 4.74 Å². The monoisotopic (exact) mass is 355 g/mol. The maximum Gasteiger partial charge on any atom is 0.243 e. The zero-order valence-electron chi connectivity index (χ0n) is 14.6. The van der Waals surface area contributed by atoms with Crippen LogP contribution in [-0.2, 0) is 13.6 Å². The minimum atomic E-state index is 0.560. The number of methoxy groups -OCH3 is 1. The van der Waals surface area contributed by atoms with Crippen LogP contribution < -0.4 is 4.74 Å². The number of nitrogens with zero attached hydrogens (tertiary/aromatic N) is 5. The summed E-state index contributed by atoms with van der Waals surface area (Å²) in [7, 11) is 3.48. The molecule has 0 saturated heterocycles. The van der Waals surface area contributed by atoms with E-state index in [2.05, 4.69) is 51.1 Å². The largest absolute Gasteiger partial charge is 0.479 e. The van der Waals surface area contributed by atoms with Crippen LogP contribution in [0.25, 0.3) is 17.5 Å². The van der Waals surface area contributed by atoms with Gasteiger partial charge < -0.3 is 9.30 Å². The number of aromatic nitrogens is 5. The number of benzene rings is 1. The molecule has 2 aromatic heterocycles. The molecule has 2 heterocycles. The molecule has 3 aromatic rings. The lowest BCUT2D eigenvalue weighted by molar-refractivity contribution is 0.393. The summed E-state index contributed by atoms with van der Waals surface area (Å²) in [6.07, 6.45) is 6.16. The Balaban J connectivity index is 1.75. The molecule has 0 spiro atoms. The summed E-state index contributed by atoms with van der Waals surface area (Å²) in [5.74, 6) is 2.17. The van der Waals surface area contributed by atoms with E-state index in [0.29, 0.717) is 5.88 Å². The first-order valence-electron chi connectivity index (χ1n) is 8.08. The van der Waals surface area contributed by atoms with Gasteiger partial charge in [0.25, 0.3) is 0 Å². The second-order valence-corrected chi connectivity index (χ2v) is 6.39. The van der Waals surface area contributed by atoms with Gasteiger partial charge in [0.1, 0.15) is 5.56 Å². The van der Waals surface area contributed by atoms with Gasteiger partial charge in [0.05, 0.1) is 7.11 Å². The molecule has 0 bridgehead atoms. The van der Waals surface area contributed by atoms with Gasteiger partial charge in [-0.05, 0) is 12.5 Å². The van der Waals surface area contributed by atoms with Crippen molar-refractivity contribution in [1.29, 1.82) is 0 Å². The predicted octanol–water partition coefficient (Wildman–Crippen LogP) is 3.51. The van der Waals surface area contributed by atoms with Gasteiger partial charge in [-0.3, -0.25) is 4.68 Å². The molecule has 6 nitrogen and oxygen atoms in total. The van der Waals surface area contributed by atoms with Crippen molar-refractivity contribution in [2.45, 2.75) is 18.6 Å². The third-order valence-electron chi connectivity index (χ3n) is 3.68. The van der Waals surface area contributed by atoms with Crippen LogP contribution in [0.4, 0.5) is 0 Å². The van der Waals surface area contributed by atoms with Crippen LogP contribution in [0.5, 0.6) is 5.88 Å². The molecule has 0 aliphatic rings. The second kappa shape index (κ2) is 8.02. The van der Waals surface area contributed by atoms with E-state index in [9.17, 15) is 0 Å². The van der Waals surface area contributed by atoms with E-state index < -0.39 is 0 Å². The van der Waals surface area contributed by atoms with Gasteiger partial charge in [-0.25, -0.2) is 0 Å². The molecule has 0 unspecified atom stereocenters. The first-order chi connectivity index (χ1) is 12.2. The van der Waals surface area contributed by atoms with Crippen LogP contribution in [0.3, 0.4) is 0 Å². The molecule has 3 rings (SSSR count). The molecule has 7 heteroatoms. The Morgan fingerprint density at radius 2 is 2.00 bits per heavy atom. The molecule has 1 aromatic carbocycles. The fraction of sp³-hybridized carbons (Fsp3) is 0.278.